The van der Waals surface area contributed by atoms with E-state index in [9.17, 15) is 0 Å². The number of hydrogen-bond acceptors (Lipinski definition) is 2. The summed E-state index contributed by atoms with van der Waals surface area (Å²) in [6.45, 7) is 18.0. The van der Waals surface area contributed by atoms with Crippen LogP contribution in [0.2, 0.25) is 0 Å². The van der Waals surface area contributed by atoms with Crippen molar-refractivity contribution in [2.45, 2.75) is 73.3 Å². The van der Waals surface area contributed by atoms with Crippen LogP contribution in [0.25, 0.3) is 0 Å². The zero-order valence-electron chi connectivity index (χ0n) is 14.6. The summed E-state index contributed by atoms with van der Waals surface area (Å²) >= 11 is 0. The largest absolute Gasteiger partial charge is 0.306 e. The fourth-order valence-corrected chi connectivity index (χ4v) is 3.11. The number of piperidine rings is 2. The Kier molecular flexibility index (Phi) is 9.72. The van der Waals surface area contributed by atoms with Crippen molar-refractivity contribution in [3.8, 4) is 0 Å². The van der Waals surface area contributed by atoms with Gasteiger partial charge >= 0.3 is 0 Å². The third-order valence-electron chi connectivity index (χ3n) is 4.64. The summed E-state index contributed by atoms with van der Waals surface area (Å²) in [5.41, 5.74) is 0.720. The molecular formula is C17H38N2. The van der Waals surface area contributed by atoms with Gasteiger partial charge in [0.15, 0.2) is 0 Å². The average molecular weight is 271 g/mol. The minimum Gasteiger partial charge on any atom is -0.306 e. The minimum atomic E-state index is 0.720. The molecule has 0 aromatic carbocycles. The minimum absolute atomic E-state index is 0.720. The van der Waals surface area contributed by atoms with Crippen molar-refractivity contribution in [2.24, 2.45) is 5.41 Å². The number of rotatable bonds is 1. The number of likely N-dealkylation sites (tertiary alicyclic amines) is 2. The maximum absolute atomic E-state index is 2.64. The Balaban J connectivity index is 0.000000741. The van der Waals surface area contributed by atoms with Crippen LogP contribution in [-0.4, -0.2) is 49.1 Å². The Bertz CT molecular complexity index is 195. The van der Waals surface area contributed by atoms with Crippen LogP contribution in [0.3, 0.4) is 0 Å². The second kappa shape index (κ2) is 9.77. The van der Waals surface area contributed by atoms with Crippen LogP contribution in [0.4, 0.5) is 0 Å². The van der Waals surface area contributed by atoms with E-state index in [0.29, 0.717) is 0 Å². The lowest BCUT2D eigenvalue weighted by Gasteiger charge is -2.47. The van der Waals surface area contributed by atoms with Gasteiger partial charge in [0.25, 0.3) is 0 Å². The summed E-state index contributed by atoms with van der Waals surface area (Å²) < 4.78 is 0. The molecule has 0 aliphatic carbocycles. The van der Waals surface area contributed by atoms with Gasteiger partial charge in [-0.3, -0.25) is 0 Å². The van der Waals surface area contributed by atoms with E-state index in [2.05, 4.69) is 30.7 Å². The predicted octanol–water partition coefficient (Wildman–Crippen LogP) is 4.26. The number of nitrogens with zero attached hydrogens (tertiary/aromatic N) is 2. The lowest BCUT2D eigenvalue weighted by Crippen LogP contribution is -2.47. The SMILES string of the molecule is CC.CC.CC(C)N1CCC2(CCN(C)CC2)CC1. The fourth-order valence-electron chi connectivity index (χ4n) is 3.11. The molecule has 0 unspecified atom stereocenters. The Morgan fingerprint density at radius 3 is 1.47 bits per heavy atom. The normalized spacial score (nSPS) is 23.4. The van der Waals surface area contributed by atoms with E-state index < -0.39 is 0 Å². The van der Waals surface area contributed by atoms with Crippen LogP contribution < -0.4 is 0 Å². The first-order chi connectivity index (χ1) is 9.11. The van der Waals surface area contributed by atoms with Gasteiger partial charge in [-0.1, -0.05) is 27.7 Å². The molecule has 2 heteroatoms. The molecule has 2 aliphatic rings. The molecule has 1 spiro atoms. The van der Waals surface area contributed by atoms with E-state index in [4.69, 9.17) is 0 Å². The van der Waals surface area contributed by atoms with Gasteiger partial charge < -0.3 is 9.80 Å². The van der Waals surface area contributed by atoms with E-state index in [1.165, 1.54) is 51.9 Å². The van der Waals surface area contributed by atoms with Crippen molar-refractivity contribution in [3.63, 3.8) is 0 Å². The lowest BCUT2D eigenvalue weighted by atomic mass is 9.71. The van der Waals surface area contributed by atoms with Gasteiger partial charge in [0, 0.05) is 6.04 Å². The maximum atomic E-state index is 2.64. The highest BCUT2D eigenvalue weighted by Gasteiger charge is 2.36. The molecular weight excluding hydrogens is 232 g/mol. The highest BCUT2D eigenvalue weighted by Crippen LogP contribution is 2.41. The topological polar surface area (TPSA) is 6.48 Å². The van der Waals surface area contributed by atoms with E-state index in [1.807, 2.05) is 27.7 Å². The van der Waals surface area contributed by atoms with Gasteiger partial charge in [-0.15, -0.1) is 0 Å². The van der Waals surface area contributed by atoms with Crippen LogP contribution in [0.15, 0.2) is 0 Å². The zero-order chi connectivity index (χ0) is 14.9. The maximum Gasteiger partial charge on any atom is 0.00385 e. The first-order valence-electron chi connectivity index (χ1n) is 8.54. The van der Waals surface area contributed by atoms with E-state index in [1.54, 1.807) is 0 Å². The van der Waals surface area contributed by atoms with E-state index in [-0.39, 0.29) is 0 Å². The van der Waals surface area contributed by atoms with Crippen molar-refractivity contribution in [2.75, 3.05) is 33.2 Å². The lowest BCUT2D eigenvalue weighted by molar-refractivity contribution is 0.0319. The predicted molar refractivity (Wildman–Crippen MR) is 87.8 cm³/mol. The molecule has 116 valence electrons. The van der Waals surface area contributed by atoms with Gasteiger partial charge in [0.2, 0.25) is 0 Å². The molecule has 0 saturated carbocycles. The second-order valence-corrected chi connectivity index (χ2v) is 5.93. The Hall–Kier alpha value is -0.0800. The monoisotopic (exact) mass is 270 g/mol. The van der Waals surface area contributed by atoms with Crippen LogP contribution in [0, 0.1) is 5.41 Å². The van der Waals surface area contributed by atoms with E-state index >= 15 is 0 Å². The van der Waals surface area contributed by atoms with Crippen molar-refractivity contribution < 1.29 is 0 Å². The van der Waals surface area contributed by atoms with Gasteiger partial charge in [-0.25, -0.2) is 0 Å². The highest BCUT2D eigenvalue weighted by atomic mass is 15.2. The van der Waals surface area contributed by atoms with Crippen molar-refractivity contribution in [1.82, 2.24) is 9.80 Å². The summed E-state index contributed by atoms with van der Waals surface area (Å²) in [5, 5.41) is 0. The van der Waals surface area contributed by atoms with Crippen LogP contribution >= 0.6 is 0 Å². The average Bonchev–Trinajstić information content (AvgIpc) is 2.47. The Labute approximate surface area is 122 Å². The molecule has 2 saturated heterocycles. The fraction of sp³-hybridized carbons (Fsp3) is 1.00. The highest BCUT2D eigenvalue weighted by molar-refractivity contribution is 4.90. The first kappa shape index (κ1) is 18.9. The molecule has 0 atom stereocenters. The summed E-state index contributed by atoms with van der Waals surface area (Å²) in [5.74, 6) is 0. The molecule has 0 N–H and O–H groups in total. The quantitative estimate of drug-likeness (QED) is 0.702. The standard InChI is InChI=1S/C13H26N2.2C2H6/c1-12(2)15-10-6-13(7-11-15)4-8-14(3)9-5-13;2*1-2/h12H,4-11H2,1-3H3;2*1-2H3. The Morgan fingerprint density at radius 2 is 1.11 bits per heavy atom. The molecule has 2 rings (SSSR count). The van der Waals surface area contributed by atoms with Crippen LogP contribution in [0.1, 0.15) is 67.2 Å². The first-order valence-corrected chi connectivity index (χ1v) is 8.54. The molecule has 2 heterocycles. The second-order valence-electron chi connectivity index (χ2n) is 5.93. The van der Waals surface area contributed by atoms with E-state index in [0.717, 1.165) is 11.5 Å². The zero-order valence-corrected chi connectivity index (χ0v) is 14.6. The van der Waals surface area contributed by atoms with Gasteiger partial charge in [0.1, 0.15) is 0 Å². The molecule has 0 aromatic heterocycles. The van der Waals surface area contributed by atoms with Gasteiger partial charge in [0.05, 0.1) is 0 Å². The van der Waals surface area contributed by atoms with Crippen molar-refractivity contribution >= 4 is 0 Å². The van der Waals surface area contributed by atoms with Crippen LogP contribution in [0.5, 0.6) is 0 Å². The van der Waals surface area contributed by atoms with Gasteiger partial charge in [-0.05, 0) is 78.2 Å². The smallest absolute Gasteiger partial charge is 0.00385 e. The molecule has 0 bridgehead atoms. The molecule has 0 radical (unpaired) electrons. The van der Waals surface area contributed by atoms with Crippen molar-refractivity contribution in [3.05, 3.63) is 0 Å². The third-order valence-corrected chi connectivity index (χ3v) is 4.64. The van der Waals surface area contributed by atoms with Gasteiger partial charge in [-0.2, -0.15) is 0 Å². The molecule has 2 aliphatic heterocycles. The molecule has 2 fully saturated rings. The molecule has 0 aromatic rings. The Morgan fingerprint density at radius 1 is 0.737 bits per heavy atom. The molecule has 2 nitrogen and oxygen atoms in total. The third kappa shape index (κ3) is 5.83. The molecule has 19 heavy (non-hydrogen) atoms. The summed E-state index contributed by atoms with van der Waals surface area (Å²) in [6, 6.07) is 0.744. The summed E-state index contributed by atoms with van der Waals surface area (Å²) in [4.78, 5) is 5.13. The molecule has 0 amide bonds. The van der Waals surface area contributed by atoms with Crippen LogP contribution in [-0.2, 0) is 0 Å². The number of hydrogen-bond donors (Lipinski definition) is 0. The van der Waals surface area contributed by atoms with Crippen molar-refractivity contribution in [1.29, 1.82) is 0 Å². The summed E-state index contributed by atoms with van der Waals surface area (Å²) in [7, 11) is 2.26. The summed E-state index contributed by atoms with van der Waals surface area (Å²) in [6.07, 6.45) is 5.77.